The van der Waals surface area contributed by atoms with Gasteiger partial charge < -0.3 is 5.32 Å². The molecule has 0 fully saturated rings. The molecule has 1 heterocycles. The third-order valence-electron chi connectivity index (χ3n) is 3.35. The number of halogens is 3. The number of thiophene rings is 1. The molecule has 21 heavy (non-hydrogen) atoms. The average molecular weight is 313 g/mol. The fraction of sp³-hybridized carbons (Fsp3) is 0.375. The molecule has 1 N–H and O–H groups in total. The van der Waals surface area contributed by atoms with Crippen molar-refractivity contribution in [1.82, 2.24) is 5.32 Å². The number of rotatable bonds is 6. The van der Waals surface area contributed by atoms with E-state index in [2.05, 4.69) is 11.4 Å². The summed E-state index contributed by atoms with van der Waals surface area (Å²) in [5.41, 5.74) is 0.307. The Morgan fingerprint density at radius 1 is 1.14 bits per heavy atom. The molecule has 0 aliphatic heterocycles. The van der Waals surface area contributed by atoms with E-state index in [0.717, 1.165) is 37.1 Å². The Bertz CT molecular complexity index is 532. The minimum absolute atomic E-state index is 0.0828. The molecule has 5 heteroatoms. The molecule has 1 aromatic heterocycles. The molecule has 1 atom stereocenters. The zero-order valence-electron chi connectivity index (χ0n) is 11.8. The first-order valence-corrected chi connectivity index (χ1v) is 7.81. The highest BCUT2D eigenvalue weighted by molar-refractivity contribution is 7.09. The van der Waals surface area contributed by atoms with Crippen molar-refractivity contribution in [1.29, 1.82) is 0 Å². The smallest absolute Gasteiger partial charge is 0.310 e. The molecule has 1 nitrogen and oxygen atoms in total. The van der Waals surface area contributed by atoms with Crippen LogP contribution in [0, 0.1) is 0 Å². The highest BCUT2D eigenvalue weighted by atomic mass is 32.1. The number of benzene rings is 1. The minimum atomic E-state index is -4.27. The third-order valence-corrected chi connectivity index (χ3v) is 4.29. The quantitative estimate of drug-likeness (QED) is 0.787. The summed E-state index contributed by atoms with van der Waals surface area (Å²) in [7, 11) is 0. The van der Waals surface area contributed by atoms with Crippen molar-refractivity contribution in [3.63, 3.8) is 0 Å². The van der Waals surface area contributed by atoms with Gasteiger partial charge in [0.05, 0.1) is 5.56 Å². The van der Waals surface area contributed by atoms with Crippen LogP contribution >= 0.6 is 11.3 Å². The van der Waals surface area contributed by atoms with Crippen molar-refractivity contribution in [2.45, 2.75) is 32.0 Å². The van der Waals surface area contributed by atoms with Crippen molar-refractivity contribution in [2.24, 2.45) is 0 Å². The zero-order valence-corrected chi connectivity index (χ0v) is 12.6. The van der Waals surface area contributed by atoms with Gasteiger partial charge in [-0.3, -0.25) is 0 Å². The van der Waals surface area contributed by atoms with Crippen molar-refractivity contribution in [2.75, 3.05) is 6.54 Å². The number of hydrogen-bond acceptors (Lipinski definition) is 2. The molecule has 0 saturated carbocycles. The summed E-state index contributed by atoms with van der Waals surface area (Å²) in [4.78, 5) is 1.30. The van der Waals surface area contributed by atoms with E-state index >= 15 is 0 Å². The van der Waals surface area contributed by atoms with Crippen molar-refractivity contribution < 1.29 is 13.2 Å². The van der Waals surface area contributed by atoms with Gasteiger partial charge in [0.25, 0.3) is 0 Å². The molecular weight excluding hydrogens is 295 g/mol. The van der Waals surface area contributed by atoms with Crippen LogP contribution in [0.2, 0.25) is 0 Å². The fourth-order valence-electron chi connectivity index (χ4n) is 2.28. The van der Waals surface area contributed by atoms with Crippen LogP contribution in [0.5, 0.6) is 0 Å². The van der Waals surface area contributed by atoms with Gasteiger partial charge in [0.2, 0.25) is 0 Å². The normalized spacial score (nSPS) is 13.3. The first-order chi connectivity index (χ1) is 10.0. The second-order valence-corrected chi connectivity index (χ2v) is 5.88. The fourth-order valence-corrected chi connectivity index (χ4v) is 3.00. The van der Waals surface area contributed by atoms with Gasteiger partial charge in [0.1, 0.15) is 0 Å². The van der Waals surface area contributed by atoms with E-state index < -0.39 is 11.7 Å². The summed E-state index contributed by atoms with van der Waals surface area (Å²) in [6, 6.07) is 9.64. The molecule has 0 saturated heterocycles. The van der Waals surface area contributed by atoms with E-state index in [4.69, 9.17) is 0 Å². The van der Waals surface area contributed by atoms with Gasteiger partial charge >= 0.3 is 6.18 Å². The summed E-state index contributed by atoms with van der Waals surface area (Å²) in [6.45, 7) is 2.79. The first-order valence-electron chi connectivity index (χ1n) is 6.93. The van der Waals surface area contributed by atoms with Crippen LogP contribution < -0.4 is 5.32 Å². The Hall–Kier alpha value is -1.33. The van der Waals surface area contributed by atoms with E-state index in [-0.39, 0.29) is 6.04 Å². The molecule has 0 radical (unpaired) electrons. The summed E-state index contributed by atoms with van der Waals surface area (Å²) in [6.07, 6.45) is -2.47. The van der Waals surface area contributed by atoms with Crippen LogP contribution in [0.15, 0.2) is 41.8 Å². The lowest BCUT2D eigenvalue weighted by Crippen LogP contribution is -2.21. The van der Waals surface area contributed by atoms with E-state index in [1.54, 1.807) is 23.5 Å². The maximum absolute atomic E-state index is 12.6. The van der Waals surface area contributed by atoms with Gasteiger partial charge in [-0.05, 0) is 48.5 Å². The van der Waals surface area contributed by atoms with Crippen LogP contribution in [0.4, 0.5) is 13.2 Å². The molecule has 114 valence electrons. The van der Waals surface area contributed by atoms with Gasteiger partial charge in [-0.25, -0.2) is 0 Å². The Morgan fingerprint density at radius 2 is 1.86 bits per heavy atom. The molecule has 1 aromatic carbocycles. The lowest BCUT2D eigenvalue weighted by molar-refractivity contribution is -0.137. The summed E-state index contributed by atoms with van der Waals surface area (Å²) >= 11 is 1.71. The standard InChI is InChI=1S/C16H18F3NS/c1-2-20-15(10-9-14-4-3-11-21-14)12-5-7-13(8-6-12)16(17,18)19/h3-8,11,15,20H,2,9-10H2,1H3. The predicted octanol–water partition coefficient (Wildman–Crippen LogP) is 5.05. The predicted molar refractivity (Wildman–Crippen MR) is 80.5 cm³/mol. The number of nitrogens with one attached hydrogen (secondary N) is 1. The van der Waals surface area contributed by atoms with Gasteiger partial charge in [0, 0.05) is 10.9 Å². The van der Waals surface area contributed by atoms with Crippen LogP contribution in [-0.2, 0) is 12.6 Å². The SMILES string of the molecule is CCNC(CCc1cccs1)c1ccc(C(F)(F)F)cc1. The maximum Gasteiger partial charge on any atom is 0.416 e. The van der Waals surface area contributed by atoms with Crippen LogP contribution in [0.1, 0.15) is 35.4 Å². The number of alkyl halides is 3. The monoisotopic (exact) mass is 313 g/mol. The summed E-state index contributed by atoms with van der Waals surface area (Å²) < 4.78 is 37.8. The van der Waals surface area contributed by atoms with Crippen molar-refractivity contribution in [3.05, 3.63) is 57.8 Å². The van der Waals surface area contributed by atoms with Gasteiger partial charge in [-0.15, -0.1) is 11.3 Å². The number of hydrogen-bond donors (Lipinski definition) is 1. The van der Waals surface area contributed by atoms with Crippen LogP contribution in [-0.4, -0.2) is 6.54 Å². The van der Waals surface area contributed by atoms with E-state index in [1.165, 1.54) is 4.88 Å². The topological polar surface area (TPSA) is 12.0 Å². The molecule has 0 amide bonds. The Balaban J connectivity index is 2.06. The molecule has 0 bridgehead atoms. The molecule has 1 unspecified atom stereocenters. The highest BCUT2D eigenvalue weighted by Gasteiger charge is 2.30. The molecule has 2 aromatic rings. The van der Waals surface area contributed by atoms with E-state index in [0.29, 0.717) is 0 Å². The van der Waals surface area contributed by atoms with Crippen LogP contribution in [0.25, 0.3) is 0 Å². The highest BCUT2D eigenvalue weighted by Crippen LogP contribution is 2.30. The number of aryl methyl sites for hydroxylation is 1. The van der Waals surface area contributed by atoms with E-state index in [1.807, 2.05) is 18.4 Å². The molecule has 0 aliphatic rings. The Morgan fingerprint density at radius 3 is 2.38 bits per heavy atom. The van der Waals surface area contributed by atoms with Crippen molar-refractivity contribution >= 4 is 11.3 Å². The molecule has 0 aliphatic carbocycles. The van der Waals surface area contributed by atoms with Gasteiger partial charge in [0.15, 0.2) is 0 Å². The Labute approximate surface area is 126 Å². The van der Waals surface area contributed by atoms with Gasteiger partial charge in [-0.2, -0.15) is 13.2 Å². The minimum Gasteiger partial charge on any atom is -0.310 e. The first kappa shape index (κ1) is 16.0. The summed E-state index contributed by atoms with van der Waals surface area (Å²) in [5.74, 6) is 0. The average Bonchev–Trinajstić information content (AvgIpc) is 2.96. The zero-order chi connectivity index (χ0) is 15.3. The van der Waals surface area contributed by atoms with E-state index in [9.17, 15) is 13.2 Å². The lowest BCUT2D eigenvalue weighted by Gasteiger charge is -2.19. The Kier molecular flexibility index (Phi) is 5.42. The maximum atomic E-state index is 12.6. The largest absolute Gasteiger partial charge is 0.416 e. The molecule has 2 rings (SSSR count). The van der Waals surface area contributed by atoms with Gasteiger partial charge in [-0.1, -0.05) is 25.1 Å². The van der Waals surface area contributed by atoms with Crippen molar-refractivity contribution in [3.8, 4) is 0 Å². The second-order valence-electron chi connectivity index (χ2n) is 4.85. The second kappa shape index (κ2) is 7.09. The summed E-state index contributed by atoms with van der Waals surface area (Å²) in [5, 5.41) is 5.38. The van der Waals surface area contributed by atoms with Crippen LogP contribution in [0.3, 0.4) is 0 Å². The third kappa shape index (κ3) is 4.58. The molecular formula is C16H18F3NS. The molecule has 0 spiro atoms. The lowest BCUT2D eigenvalue weighted by atomic mass is 10.00.